The molecule has 3 aromatic rings. The van der Waals surface area contributed by atoms with Crippen molar-refractivity contribution in [1.82, 2.24) is 14.5 Å². The van der Waals surface area contributed by atoms with Gasteiger partial charge in [-0.3, -0.25) is 4.90 Å². The van der Waals surface area contributed by atoms with Crippen molar-refractivity contribution < 1.29 is 9.90 Å². The van der Waals surface area contributed by atoms with Crippen LogP contribution in [0.1, 0.15) is 43.7 Å². The number of halogens is 1. The standard InChI is InChI=1S/C24H26ClN5O2/c1-16-8-19(25)12-27-22(16)30(23(31)32)13-18-4-3-7-24(2,10-18)14-29-15-28-20-6-5-17(11-26)9-21(20)29/h5-6,8-9,12,15,18H,3-4,7,10,13-14H2,1-2H3,(H,31,32)/t18?,24-/m0/s1. The van der Waals surface area contributed by atoms with Crippen LogP contribution >= 0.6 is 11.6 Å². The Kier molecular flexibility index (Phi) is 6.07. The molecule has 1 aliphatic carbocycles. The average molecular weight is 452 g/mol. The Morgan fingerprint density at radius 3 is 2.94 bits per heavy atom. The van der Waals surface area contributed by atoms with Crippen LogP contribution in [0.25, 0.3) is 11.0 Å². The lowest BCUT2D eigenvalue weighted by Gasteiger charge is -2.40. The number of amides is 1. The van der Waals surface area contributed by atoms with E-state index in [0.717, 1.165) is 48.8 Å². The molecule has 1 aliphatic rings. The second kappa shape index (κ2) is 8.79. The van der Waals surface area contributed by atoms with Gasteiger partial charge in [0, 0.05) is 19.3 Å². The van der Waals surface area contributed by atoms with E-state index in [1.807, 2.05) is 25.4 Å². The minimum absolute atomic E-state index is 0.00579. The molecule has 4 rings (SSSR count). The first kappa shape index (κ1) is 22.1. The summed E-state index contributed by atoms with van der Waals surface area (Å²) in [5, 5.41) is 19.6. The number of aromatic nitrogens is 3. The summed E-state index contributed by atoms with van der Waals surface area (Å²) in [6.07, 6.45) is 6.32. The number of hydrogen-bond donors (Lipinski definition) is 1. The van der Waals surface area contributed by atoms with Crippen LogP contribution in [0.5, 0.6) is 0 Å². The highest BCUT2D eigenvalue weighted by Gasteiger charge is 2.35. The number of nitrogens with zero attached hydrogens (tertiary/aromatic N) is 5. The smallest absolute Gasteiger partial charge is 0.413 e. The fourth-order valence-electron chi connectivity index (χ4n) is 5.01. The van der Waals surface area contributed by atoms with Gasteiger partial charge in [-0.2, -0.15) is 5.26 Å². The Morgan fingerprint density at radius 2 is 2.22 bits per heavy atom. The second-order valence-corrected chi connectivity index (χ2v) is 9.58. The second-order valence-electron chi connectivity index (χ2n) is 9.15. The maximum atomic E-state index is 12.0. The van der Waals surface area contributed by atoms with Gasteiger partial charge < -0.3 is 9.67 Å². The van der Waals surface area contributed by atoms with E-state index in [0.29, 0.717) is 22.9 Å². The van der Waals surface area contributed by atoms with Crippen LogP contribution in [0.4, 0.5) is 10.6 Å². The van der Waals surface area contributed by atoms with E-state index in [1.165, 1.54) is 11.1 Å². The Bertz CT molecular complexity index is 1200. The molecule has 0 spiro atoms. The Hall–Kier alpha value is -3.11. The fourth-order valence-corrected chi connectivity index (χ4v) is 5.22. The predicted molar refractivity (Wildman–Crippen MR) is 124 cm³/mol. The molecule has 8 heteroatoms. The third-order valence-corrected chi connectivity index (χ3v) is 6.63. The third-order valence-electron chi connectivity index (χ3n) is 6.42. The molecule has 1 amide bonds. The summed E-state index contributed by atoms with van der Waals surface area (Å²) in [7, 11) is 0. The van der Waals surface area contributed by atoms with Gasteiger partial charge in [-0.05, 0) is 67.3 Å². The van der Waals surface area contributed by atoms with E-state index in [-0.39, 0.29) is 11.3 Å². The summed E-state index contributed by atoms with van der Waals surface area (Å²) in [6, 6.07) is 9.48. The molecule has 166 valence electrons. The van der Waals surface area contributed by atoms with Crippen LogP contribution in [0.2, 0.25) is 5.02 Å². The molecule has 1 fully saturated rings. The zero-order valence-corrected chi connectivity index (χ0v) is 19.0. The van der Waals surface area contributed by atoms with Crippen molar-refractivity contribution in [3.8, 4) is 6.07 Å². The zero-order valence-electron chi connectivity index (χ0n) is 18.3. The summed E-state index contributed by atoms with van der Waals surface area (Å²) in [6.45, 7) is 5.27. The number of rotatable bonds is 5. The van der Waals surface area contributed by atoms with Crippen molar-refractivity contribution in [2.45, 2.75) is 46.1 Å². The fraction of sp³-hybridized carbons (Fsp3) is 0.417. The number of carbonyl (C=O) groups is 1. The van der Waals surface area contributed by atoms with Crippen LogP contribution in [0.3, 0.4) is 0 Å². The topological polar surface area (TPSA) is 95.0 Å². The Balaban J connectivity index is 1.53. The molecule has 1 aromatic carbocycles. The minimum atomic E-state index is -1.00. The van der Waals surface area contributed by atoms with Gasteiger partial charge in [0.2, 0.25) is 0 Å². The minimum Gasteiger partial charge on any atom is -0.465 e. The number of nitriles is 1. The van der Waals surface area contributed by atoms with E-state index < -0.39 is 6.09 Å². The van der Waals surface area contributed by atoms with Gasteiger partial charge in [0.05, 0.1) is 34.0 Å². The van der Waals surface area contributed by atoms with Crippen molar-refractivity contribution in [1.29, 1.82) is 5.26 Å². The van der Waals surface area contributed by atoms with Gasteiger partial charge >= 0.3 is 6.09 Å². The molecule has 1 saturated carbocycles. The van der Waals surface area contributed by atoms with E-state index in [1.54, 1.807) is 12.1 Å². The van der Waals surface area contributed by atoms with Crippen molar-refractivity contribution in [3.05, 3.63) is 52.9 Å². The lowest BCUT2D eigenvalue weighted by atomic mass is 9.70. The maximum absolute atomic E-state index is 12.0. The third kappa shape index (κ3) is 4.56. The normalized spacial score (nSPS) is 20.8. The molecule has 1 N–H and O–H groups in total. The molecule has 7 nitrogen and oxygen atoms in total. The van der Waals surface area contributed by atoms with Gasteiger partial charge in [-0.15, -0.1) is 0 Å². The van der Waals surface area contributed by atoms with Crippen LogP contribution in [0.15, 0.2) is 36.8 Å². The molecule has 0 radical (unpaired) electrons. The highest BCUT2D eigenvalue weighted by molar-refractivity contribution is 6.30. The van der Waals surface area contributed by atoms with Crippen molar-refractivity contribution >= 4 is 34.5 Å². The average Bonchev–Trinajstić information content (AvgIpc) is 3.13. The monoisotopic (exact) mass is 451 g/mol. The summed E-state index contributed by atoms with van der Waals surface area (Å²) >= 11 is 6.00. The highest BCUT2D eigenvalue weighted by atomic mass is 35.5. The molecule has 2 heterocycles. The number of hydrogen-bond acceptors (Lipinski definition) is 4. The van der Waals surface area contributed by atoms with Gasteiger partial charge in [-0.1, -0.05) is 24.9 Å². The molecular weight excluding hydrogens is 426 g/mol. The van der Waals surface area contributed by atoms with E-state index in [2.05, 4.69) is 27.5 Å². The highest BCUT2D eigenvalue weighted by Crippen LogP contribution is 2.41. The quantitative estimate of drug-likeness (QED) is 0.541. The molecule has 1 unspecified atom stereocenters. The molecule has 32 heavy (non-hydrogen) atoms. The predicted octanol–water partition coefficient (Wildman–Crippen LogP) is 5.65. The Labute approximate surface area is 192 Å². The van der Waals surface area contributed by atoms with Gasteiger partial charge in [0.25, 0.3) is 0 Å². The first-order valence-corrected chi connectivity index (χ1v) is 11.1. The van der Waals surface area contributed by atoms with E-state index in [4.69, 9.17) is 11.6 Å². The number of aryl methyl sites for hydroxylation is 1. The number of benzene rings is 1. The SMILES string of the molecule is Cc1cc(Cl)cnc1N(CC1CCC[C@](C)(Cn2cnc3ccc(C#N)cc32)C1)C(=O)O. The van der Waals surface area contributed by atoms with Gasteiger partial charge in [0.15, 0.2) is 0 Å². The summed E-state index contributed by atoms with van der Waals surface area (Å²) in [4.78, 5) is 22.2. The molecule has 0 bridgehead atoms. The maximum Gasteiger partial charge on any atom is 0.413 e. The lowest BCUT2D eigenvalue weighted by Crippen LogP contribution is -2.39. The van der Waals surface area contributed by atoms with Crippen LogP contribution in [-0.4, -0.2) is 32.3 Å². The van der Waals surface area contributed by atoms with Crippen molar-refractivity contribution in [2.75, 3.05) is 11.4 Å². The van der Waals surface area contributed by atoms with Crippen LogP contribution in [0, 0.1) is 29.6 Å². The summed E-state index contributed by atoms with van der Waals surface area (Å²) in [5.74, 6) is 0.671. The molecule has 0 saturated heterocycles. The van der Waals surface area contributed by atoms with Crippen LogP contribution in [-0.2, 0) is 6.54 Å². The summed E-state index contributed by atoms with van der Waals surface area (Å²) in [5.41, 5.74) is 3.21. The number of fused-ring (bicyclic) bond motifs is 1. The molecule has 2 aromatic heterocycles. The number of imidazole rings is 1. The number of carboxylic acid groups (broad SMARTS) is 1. The van der Waals surface area contributed by atoms with Gasteiger partial charge in [0.1, 0.15) is 5.82 Å². The number of anilines is 1. The number of pyridine rings is 1. The van der Waals surface area contributed by atoms with Crippen molar-refractivity contribution in [3.63, 3.8) is 0 Å². The lowest BCUT2D eigenvalue weighted by molar-refractivity contribution is 0.136. The largest absolute Gasteiger partial charge is 0.465 e. The zero-order chi connectivity index (χ0) is 22.9. The van der Waals surface area contributed by atoms with E-state index >= 15 is 0 Å². The van der Waals surface area contributed by atoms with E-state index in [9.17, 15) is 15.2 Å². The van der Waals surface area contributed by atoms with Crippen LogP contribution < -0.4 is 4.90 Å². The van der Waals surface area contributed by atoms with Gasteiger partial charge in [-0.25, -0.2) is 14.8 Å². The molecule has 0 aliphatic heterocycles. The summed E-state index contributed by atoms with van der Waals surface area (Å²) < 4.78 is 2.12. The first-order valence-electron chi connectivity index (χ1n) is 10.8. The first-order chi connectivity index (χ1) is 15.3. The van der Waals surface area contributed by atoms with Crippen molar-refractivity contribution in [2.24, 2.45) is 11.3 Å². The Morgan fingerprint density at radius 1 is 1.41 bits per heavy atom. The molecule has 2 atom stereocenters. The molecular formula is C24H26ClN5O2.